The number of rotatable bonds is 6. The highest BCUT2D eigenvalue weighted by Gasteiger charge is 2.19. The molecule has 1 heterocycles. The van der Waals surface area contributed by atoms with E-state index in [9.17, 15) is 9.59 Å². The SMILES string of the molecule is COC(=O)C(CNCc1ccn(C)n1)NC(C)=O. The van der Waals surface area contributed by atoms with Crippen molar-refractivity contribution < 1.29 is 14.3 Å². The fourth-order valence-electron chi connectivity index (χ4n) is 1.48. The Labute approximate surface area is 105 Å². The van der Waals surface area contributed by atoms with E-state index in [4.69, 9.17) is 0 Å². The predicted molar refractivity (Wildman–Crippen MR) is 64.5 cm³/mol. The van der Waals surface area contributed by atoms with E-state index >= 15 is 0 Å². The van der Waals surface area contributed by atoms with Crippen molar-refractivity contribution in [3.8, 4) is 0 Å². The zero-order valence-corrected chi connectivity index (χ0v) is 10.8. The minimum Gasteiger partial charge on any atom is -0.467 e. The third-order valence-electron chi connectivity index (χ3n) is 2.29. The van der Waals surface area contributed by atoms with Crippen molar-refractivity contribution in [2.45, 2.75) is 19.5 Å². The molecule has 0 aliphatic carbocycles. The van der Waals surface area contributed by atoms with Gasteiger partial charge in [0, 0.05) is 33.3 Å². The number of carbonyl (C=O) groups is 2. The minimum atomic E-state index is -0.684. The molecule has 1 aromatic rings. The van der Waals surface area contributed by atoms with Gasteiger partial charge in [-0.25, -0.2) is 4.79 Å². The van der Waals surface area contributed by atoms with Gasteiger partial charge in [-0.3, -0.25) is 9.48 Å². The Morgan fingerprint density at radius 2 is 2.28 bits per heavy atom. The van der Waals surface area contributed by atoms with Crippen molar-refractivity contribution in [3.63, 3.8) is 0 Å². The molecule has 100 valence electrons. The first-order valence-electron chi connectivity index (χ1n) is 5.57. The van der Waals surface area contributed by atoms with Crippen LogP contribution < -0.4 is 10.6 Å². The summed E-state index contributed by atoms with van der Waals surface area (Å²) in [7, 11) is 3.12. The number of hydrogen-bond donors (Lipinski definition) is 2. The molecular weight excluding hydrogens is 236 g/mol. The van der Waals surface area contributed by atoms with Crippen LogP contribution in [0, 0.1) is 0 Å². The summed E-state index contributed by atoms with van der Waals surface area (Å²) in [5.41, 5.74) is 0.865. The van der Waals surface area contributed by atoms with Crippen LogP contribution in [0.4, 0.5) is 0 Å². The van der Waals surface area contributed by atoms with Crippen LogP contribution in [0.15, 0.2) is 12.3 Å². The number of aromatic nitrogens is 2. The average Bonchev–Trinajstić information content (AvgIpc) is 2.72. The van der Waals surface area contributed by atoms with Crippen LogP contribution in [0.5, 0.6) is 0 Å². The zero-order chi connectivity index (χ0) is 13.5. The van der Waals surface area contributed by atoms with Crippen molar-refractivity contribution >= 4 is 11.9 Å². The third kappa shape index (κ3) is 4.54. The molecule has 0 aromatic carbocycles. The number of aryl methyl sites for hydroxylation is 1. The van der Waals surface area contributed by atoms with Crippen molar-refractivity contribution in [1.29, 1.82) is 0 Å². The Hall–Kier alpha value is -1.89. The Kier molecular flexibility index (Phi) is 5.31. The molecule has 1 rings (SSSR count). The molecule has 0 saturated carbocycles. The molecule has 1 unspecified atom stereocenters. The van der Waals surface area contributed by atoms with E-state index in [2.05, 4.69) is 20.5 Å². The summed E-state index contributed by atoms with van der Waals surface area (Å²) in [6.07, 6.45) is 1.84. The van der Waals surface area contributed by atoms with Gasteiger partial charge < -0.3 is 15.4 Å². The lowest BCUT2D eigenvalue weighted by Gasteiger charge is -2.15. The van der Waals surface area contributed by atoms with E-state index in [0.29, 0.717) is 13.1 Å². The summed E-state index contributed by atoms with van der Waals surface area (Å²) in [6, 6.07) is 1.19. The van der Waals surface area contributed by atoms with E-state index in [0.717, 1.165) is 5.69 Å². The minimum absolute atomic E-state index is 0.273. The maximum absolute atomic E-state index is 11.4. The van der Waals surface area contributed by atoms with Gasteiger partial charge in [0.25, 0.3) is 0 Å². The molecule has 0 spiro atoms. The molecule has 1 atom stereocenters. The van der Waals surface area contributed by atoms with Gasteiger partial charge in [0.05, 0.1) is 12.8 Å². The van der Waals surface area contributed by atoms with Gasteiger partial charge in [-0.15, -0.1) is 0 Å². The van der Waals surface area contributed by atoms with E-state index in [1.165, 1.54) is 14.0 Å². The van der Waals surface area contributed by atoms with E-state index in [1.807, 2.05) is 19.3 Å². The Balaban J connectivity index is 2.41. The molecule has 7 heteroatoms. The van der Waals surface area contributed by atoms with Gasteiger partial charge in [-0.2, -0.15) is 5.10 Å². The number of carbonyl (C=O) groups excluding carboxylic acids is 2. The normalized spacial score (nSPS) is 11.9. The molecule has 2 N–H and O–H groups in total. The average molecular weight is 254 g/mol. The number of nitrogens with zero attached hydrogens (tertiary/aromatic N) is 2. The fourth-order valence-corrected chi connectivity index (χ4v) is 1.48. The molecular formula is C11H18N4O3. The van der Waals surface area contributed by atoms with E-state index < -0.39 is 12.0 Å². The Morgan fingerprint density at radius 1 is 1.56 bits per heavy atom. The third-order valence-corrected chi connectivity index (χ3v) is 2.29. The maximum atomic E-state index is 11.4. The molecule has 0 aliphatic heterocycles. The first-order chi connectivity index (χ1) is 8.52. The first-order valence-corrected chi connectivity index (χ1v) is 5.57. The zero-order valence-electron chi connectivity index (χ0n) is 10.8. The summed E-state index contributed by atoms with van der Waals surface area (Å²) < 4.78 is 6.30. The topological polar surface area (TPSA) is 85.2 Å². The number of esters is 1. The second kappa shape index (κ2) is 6.75. The fraction of sp³-hybridized carbons (Fsp3) is 0.545. The van der Waals surface area contributed by atoms with Gasteiger partial charge >= 0.3 is 5.97 Å². The van der Waals surface area contributed by atoms with Crippen LogP contribution in [0.3, 0.4) is 0 Å². The Bertz CT molecular complexity index is 416. The van der Waals surface area contributed by atoms with E-state index in [1.54, 1.807) is 4.68 Å². The summed E-state index contributed by atoms with van der Waals surface area (Å²) in [4.78, 5) is 22.3. The number of amides is 1. The van der Waals surface area contributed by atoms with Crippen LogP contribution >= 0.6 is 0 Å². The monoisotopic (exact) mass is 254 g/mol. The molecule has 7 nitrogen and oxygen atoms in total. The number of ether oxygens (including phenoxy) is 1. The predicted octanol–water partition coefficient (Wildman–Crippen LogP) is -0.813. The molecule has 0 fully saturated rings. The molecule has 0 aliphatic rings. The van der Waals surface area contributed by atoms with Crippen LogP contribution in [0.1, 0.15) is 12.6 Å². The van der Waals surface area contributed by atoms with Crippen molar-refractivity contribution in [3.05, 3.63) is 18.0 Å². The lowest BCUT2D eigenvalue weighted by molar-refractivity contribution is -0.144. The second-order valence-corrected chi connectivity index (χ2v) is 3.89. The number of hydrogen-bond acceptors (Lipinski definition) is 5. The highest BCUT2D eigenvalue weighted by molar-refractivity contribution is 5.83. The van der Waals surface area contributed by atoms with Crippen LogP contribution in [0.25, 0.3) is 0 Å². The van der Waals surface area contributed by atoms with Crippen molar-refractivity contribution in [1.82, 2.24) is 20.4 Å². The molecule has 18 heavy (non-hydrogen) atoms. The Morgan fingerprint density at radius 3 is 2.78 bits per heavy atom. The van der Waals surface area contributed by atoms with Crippen LogP contribution in [-0.4, -0.2) is 41.4 Å². The largest absolute Gasteiger partial charge is 0.467 e. The molecule has 0 saturated heterocycles. The van der Waals surface area contributed by atoms with Gasteiger partial charge in [0.1, 0.15) is 6.04 Å². The van der Waals surface area contributed by atoms with Crippen LogP contribution in [0.2, 0.25) is 0 Å². The van der Waals surface area contributed by atoms with Gasteiger partial charge in [0.15, 0.2) is 0 Å². The standard InChI is InChI=1S/C11H18N4O3/c1-8(16)13-10(11(17)18-3)7-12-6-9-4-5-15(2)14-9/h4-5,10,12H,6-7H2,1-3H3,(H,13,16). The van der Waals surface area contributed by atoms with Gasteiger partial charge in [0.2, 0.25) is 5.91 Å². The summed E-state index contributed by atoms with van der Waals surface area (Å²) >= 11 is 0. The lowest BCUT2D eigenvalue weighted by atomic mass is 10.3. The molecule has 0 bridgehead atoms. The lowest BCUT2D eigenvalue weighted by Crippen LogP contribution is -2.47. The van der Waals surface area contributed by atoms with Gasteiger partial charge in [-0.1, -0.05) is 0 Å². The summed E-state index contributed by atoms with van der Waals surface area (Å²) in [6.45, 7) is 2.17. The van der Waals surface area contributed by atoms with E-state index in [-0.39, 0.29) is 5.91 Å². The number of nitrogens with one attached hydrogen (secondary N) is 2. The number of methoxy groups -OCH3 is 1. The molecule has 1 amide bonds. The smallest absolute Gasteiger partial charge is 0.329 e. The quantitative estimate of drug-likeness (QED) is 0.648. The van der Waals surface area contributed by atoms with Crippen LogP contribution in [-0.2, 0) is 27.9 Å². The van der Waals surface area contributed by atoms with Gasteiger partial charge in [-0.05, 0) is 6.07 Å². The maximum Gasteiger partial charge on any atom is 0.329 e. The highest BCUT2D eigenvalue weighted by Crippen LogP contribution is 1.94. The second-order valence-electron chi connectivity index (χ2n) is 3.89. The van der Waals surface area contributed by atoms with Crippen molar-refractivity contribution in [2.75, 3.05) is 13.7 Å². The summed E-state index contributed by atoms with van der Waals surface area (Å²) in [5, 5.41) is 9.75. The highest BCUT2D eigenvalue weighted by atomic mass is 16.5. The van der Waals surface area contributed by atoms with Crippen molar-refractivity contribution in [2.24, 2.45) is 7.05 Å². The summed E-state index contributed by atoms with van der Waals surface area (Å²) in [5.74, 6) is -0.747. The molecule has 0 radical (unpaired) electrons. The molecule has 1 aromatic heterocycles. The first kappa shape index (κ1) is 14.2.